The molecule has 3 N–H and O–H groups in total. The van der Waals surface area contributed by atoms with E-state index in [0.29, 0.717) is 5.56 Å². The Balaban J connectivity index is 3.01. The lowest BCUT2D eigenvalue weighted by Gasteiger charge is -2.10. The number of hydrogen-bond acceptors (Lipinski definition) is 2. The molecule has 66 valence electrons. The lowest BCUT2D eigenvalue weighted by molar-refractivity contribution is 0.186. The van der Waals surface area contributed by atoms with Gasteiger partial charge in [0.25, 0.3) is 0 Å². The van der Waals surface area contributed by atoms with Crippen LogP contribution in [0.5, 0.6) is 0 Å². The molecule has 0 unspecified atom stereocenters. The Bertz CT molecular complexity index is 275. The summed E-state index contributed by atoms with van der Waals surface area (Å²) in [5.74, 6) is -0.291. The average molecular weight is 169 g/mol. The van der Waals surface area contributed by atoms with E-state index in [1.54, 1.807) is 13.0 Å². The summed E-state index contributed by atoms with van der Waals surface area (Å²) in [5, 5.41) is 9.35. The Morgan fingerprint density at radius 3 is 2.75 bits per heavy atom. The van der Waals surface area contributed by atoms with Crippen molar-refractivity contribution in [3.05, 3.63) is 35.1 Å². The normalized spacial score (nSPS) is 13.0. The van der Waals surface area contributed by atoms with Gasteiger partial charge in [-0.25, -0.2) is 4.39 Å². The van der Waals surface area contributed by atoms with Gasteiger partial charge in [-0.1, -0.05) is 6.07 Å². The van der Waals surface area contributed by atoms with Crippen LogP contribution in [0.15, 0.2) is 18.2 Å². The minimum absolute atomic E-state index is 0.159. The highest BCUT2D eigenvalue weighted by Gasteiger charge is 2.07. The number of rotatable bonds is 2. The van der Waals surface area contributed by atoms with E-state index in [1.165, 1.54) is 12.1 Å². The molecule has 12 heavy (non-hydrogen) atoms. The molecule has 1 atom stereocenters. The largest absolute Gasteiger partial charge is 0.387 e. The maximum Gasteiger partial charge on any atom is 0.123 e. The molecule has 0 radical (unpaired) electrons. The van der Waals surface area contributed by atoms with Gasteiger partial charge in [0.05, 0.1) is 6.10 Å². The van der Waals surface area contributed by atoms with Crippen LogP contribution in [-0.2, 0) is 0 Å². The molecule has 0 aliphatic heterocycles. The zero-order chi connectivity index (χ0) is 9.14. The fourth-order valence-electron chi connectivity index (χ4n) is 1.14. The Morgan fingerprint density at radius 2 is 2.25 bits per heavy atom. The van der Waals surface area contributed by atoms with Crippen molar-refractivity contribution in [3.8, 4) is 0 Å². The summed E-state index contributed by atoms with van der Waals surface area (Å²) in [6.07, 6.45) is -0.689. The van der Waals surface area contributed by atoms with Crippen LogP contribution in [-0.4, -0.2) is 11.7 Å². The van der Waals surface area contributed by atoms with E-state index in [-0.39, 0.29) is 12.4 Å². The first-order valence-corrected chi connectivity index (χ1v) is 3.79. The Labute approximate surface area is 70.8 Å². The van der Waals surface area contributed by atoms with E-state index in [9.17, 15) is 9.50 Å². The number of nitrogens with two attached hydrogens (primary N) is 1. The van der Waals surface area contributed by atoms with Gasteiger partial charge in [-0.3, -0.25) is 0 Å². The molecule has 2 nitrogen and oxygen atoms in total. The molecule has 0 aliphatic rings. The van der Waals surface area contributed by atoms with E-state index in [1.807, 2.05) is 0 Å². The first-order chi connectivity index (χ1) is 5.65. The monoisotopic (exact) mass is 169 g/mol. The molecule has 1 aromatic carbocycles. The summed E-state index contributed by atoms with van der Waals surface area (Å²) >= 11 is 0. The SMILES string of the molecule is Cc1cc(F)ccc1[C@H](O)CN. The van der Waals surface area contributed by atoms with Gasteiger partial charge in [0.2, 0.25) is 0 Å². The Hall–Kier alpha value is -0.930. The second-order valence-electron chi connectivity index (χ2n) is 2.75. The van der Waals surface area contributed by atoms with Gasteiger partial charge in [0, 0.05) is 6.54 Å². The van der Waals surface area contributed by atoms with Gasteiger partial charge in [0.15, 0.2) is 0 Å². The van der Waals surface area contributed by atoms with Crippen molar-refractivity contribution < 1.29 is 9.50 Å². The summed E-state index contributed by atoms with van der Waals surface area (Å²) in [5.41, 5.74) is 6.69. The molecule has 0 saturated heterocycles. The molecule has 0 spiro atoms. The predicted molar refractivity (Wildman–Crippen MR) is 45.2 cm³/mol. The lowest BCUT2D eigenvalue weighted by Crippen LogP contribution is -2.12. The third-order valence-electron chi connectivity index (χ3n) is 1.81. The van der Waals surface area contributed by atoms with Gasteiger partial charge < -0.3 is 10.8 Å². The predicted octanol–water partition coefficient (Wildman–Crippen LogP) is 1.13. The van der Waals surface area contributed by atoms with Crippen molar-refractivity contribution in [1.82, 2.24) is 0 Å². The molecule has 1 aromatic rings. The van der Waals surface area contributed by atoms with Crippen molar-refractivity contribution >= 4 is 0 Å². The molecule has 0 heterocycles. The standard InChI is InChI=1S/C9H12FNO/c1-6-4-7(10)2-3-8(6)9(12)5-11/h2-4,9,12H,5,11H2,1H3/t9-/m1/s1. The highest BCUT2D eigenvalue weighted by molar-refractivity contribution is 5.28. The molecule has 0 aromatic heterocycles. The lowest BCUT2D eigenvalue weighted by atomic mass is 10.0. The molecular weight excluding hydrogens is 157 g/mol. The first-order valence-electron chi connectivity index (χ1n) is 3.79. The number of aliphatic hydroxyl groups is 1. The van der Waals surface area contributed by atoms with Crippen molar-refractivity contribution in [2.75, 3.05) is 6.54 Å². The van der Waals surface area contributed by atoms with E-state index < -0.39 is 6.10 Å². The van der Waals surface area contributed by atoms with Crippen LogP contribution in [0, 0.1) is 12.7 Å². The zero-order valence-electron chi connectivity index (χ0n) is 6.92. The minimum Gasteiger partial charge on any atom is -0.387 e. The Kier molecular flexibility index (Phi) is 2.78. The van der Waals surface area contributed by atoms with Crippen LogP contribution >= 0.6 is 0 Å². The summed E-state index contributed by atoms with van der Waals surface area (Å²) in [6.45, 7) is 1.91. The highest BCUT2D eigenvalue weighted by atomic mass is 19.1. The van der Waals surface area contributed by atoms with Crippen molar-refractivity contribution in [1.29, 1.82) is 0 Å². The fourth-order valence-corrected chi connectivity index (χ4v) is 1.14. The summed E-state index contributed by atoms with van der Waals surface area (Å²) in [4.78, 5) is 0. The number of halogens is 1. The number of hydrogen-bond donors (Lipinski definition) is 2. The smallest absolute Gasteiger partial charge is 0.123 e. The molecule has 0 saturated carbocycles. The summed E-state index contributed by atoms with van der Waals surface area (Å²) in [6, 6.07) is 4.26. The van der Waals surface area contributed by atoms with Gasteiger partial charge in [-0.2, -0.15) is 0 Å². The quantitative estimate of drug-likeness (QED) is 0.697. The molecule has 0 fully saturated rings. The summed E-state index contributed by atoms with van der Waals surface area (Å²) < 4.78 is 12.6. The molecule has 1 rings (SSSR count). The zero-order valence-corrected chi connectivity index (χ0v) is 6.92. The molecule has 3 heteroatoms. The average Bonchev–Trinajstić information content (AvgIpc) is 2.03. The highest BCUT2D eigenvalue weighted by Crippen LogP contribution is 2.17. The third-order valence-corrected chi connectivity index (χ3v) is 1.81. The second-order valence-corrected chi connectivity index (χ2v) is 2.75. The number of aliphatic hydroxyl groups excluding tert-OH is 1. The van der Waals surface area contributed by atoms with Crippen molar-refractivity contribution in [3.63, 3.8) is 0 Å². The second kappa shape index (κ2) is 3.65. The topological polar surface area (TPSA) is 46.2 Å². The van der Waals surface area contributed by atoms with Crippen LogP contribution in [0.25, 0.3) is 0 Å². The van der Waals surface area contributed by atoms with Crippen LogP contribution in [0.3, 0.4) is 0 Å². The van der Waals surface area contributed by atoms with Crippen molar-refractivity contribution in [2.45, 2.75) is 13.0 Å². The van der Waals surface area contributed by atoms with E-state index in [0.717, 1.165) is 5.56 Å². The fraction of sp³-hybridized carbons (Fsp3) is 0.333. The first kappa shape index (κ1) is 9.16. The molecule has 0 aliphatic carbocycles. The third kappa shape index (κ3) is 1.81. The molecule has 0 bridgehead atoms. The van der Waals surface area contributed by atoms with Crippen molar-refractivity contribution in [2.24, 2.45) is 5.73 Å². The number of aryl methyl sites for hydroxylation is 1. The van der Waals surface area contributed by atoms with Crippen LogP contribution in [0.2, 0.25) is 0 Å². The van der Waals surface area contributed by atoms with Crippen LogP contribution in [0.1, 0.15) is 17.2 Å². The maximum atomic E-state index is 12.6. The van der Waals surface area contributed by atoms with Gasteiger partial charge in [-0.15, -0.1) is 0 Å². The number of benzene rings is 1. The van der Waals surface area contributed by atoms with E-state index in [4.69, 9.17) is 5.73 Å². The minimum atomic E-state index is -0.689. The van der Waals surface area contributed by atoms with Gasteiger partial charge in [-0.05, 0) is 30.2 Å². The van der Waals surface area contributed by atoms with E-state index in [2.05, 4.69) is 0 Å². The molecule has 0 amide bonds. The van der Waals surface area contributed by atoms with Crippen LogP contribution in [0.4, 0.5) is 4.39 Å². The molecular formula is C9H12FNO. The Morgan fingerprint density at radius 1 is 1.58 bits per heavy atom. The van der Waals surface area contributed by atoms with Gasteiger partial charge in [0.1, 0.15) is 5.82 Å². The van der Waals surface area contributed by atoms with Gasteiger partial charge >= 0.3 is 0 Å². The van der Waals surface area contributed by atoms with Crippen LogP contribution < -0.4 is 5.73 Å². The summed E-state index contributed by atoms with van der Waals surface area (Å²) in [7, 11) is 0. The van der Waals surface area contributed by atoms with E-state index >= 15 is 0 Å². The maximum absolute atomic E-state index is 12.6.